The van der Waals surface area contributed by atoms with Crippen LogP contribution in [0.15, 0.2) is 12.7 Å². The van der Waals surface area contributed by atoms with Crippen molar-refractivity contribution in [2.45, 2.75) is 32.2 Å². The van der Waals surface area contributed by atoms with Crippen LogP contribution >= 0.6 is 0 Å². The molecular formula is C11H18N2O2. The molecule has 1 aliphatic heterocycles. The summed E-state index contributed by atoms with van der Waals surface area (Å²) in [5.74, 6) is -0.331. The molecule has 1 fully saturated rings. The fraction of sp³-hybridized carbons (Fsp3) is 0.636. The van der Waals surface area contributed by atoms with Crippen molar-refractivity contribution in [1.29, 1.82) is 0 Å². The lowest BCUT2D eigenvalue weighted by Gasteiger charge is -2.29. The fourth-order valence-corrected chi connectivity index (χ4v) is 1.73. The van der Waals surface area contributed by atoms with Crippen LogP contribution in [-0.4, -0.2) is 35.3 Å². The van der Waals surface area contributed by atoms with E-state index in [1.807, 2.05) is 0 Å². The minimum atomic E-state index is -0.838. The van der Waals surface area contributed by atoms with E-state index in [4.69, 9.17) is 0 Å². The highest BCUT2D eigenvalue weighted by atomic mass is 16.2. The molecule has 0 atom stereocenters. The van der Waals surface area contributed by atoms with Crippen LogP contribution in [0.25, 0.3) is 0 Å². The number of hydrogen-bond acceptors (Lipinski definition) is 2. The van der Waals surface area contributed by atoms with Gasteiger partial charge in [-0.3, -0.25) is 9.59 Å². The number of carbonyl (C=O) groups is 2. The van der Waals surface area contributed by atoms with Gasteiger partial charge >= 0.3 is 0 Å². The van der Waals surface area contributed by atoms with E-state index in [2.05, 4.69) is 11.9 Å². The molecule has 2 amide bonds. The maximum Gasteiger partial charge on any atom is 0.247 e. The molecule has 84 valence electrons. The molecule has 0 aromatic rings. The molecule has 1 N–H and O–H groups in total. The molecule has 0 saturated carbocycles. The van der Waals surface area contributed by atoms with Gasteiger partial charge in [-0.15, -0.1) is 0 Å². The molecule has 0 aromatic carbocycles. The molecule has 4 nitrogen and oxygen atoms in total. The van der Waals surface area contributed by atoms with Crippen LogP contribution in [0.5, 0.6) is 0 Å². The molecule has 4 heteroatoms. The van der Waals surface area contributed by atoms with Gasteiger partial charge < -0.3 is 10.2 Å². The Balaban J connectivity index is 2.62. The topological polar surface area (TPSA) is 49.4 Å². The second kappa shape index (κ2) is 4.47. The molecule has 0 radical (unpaired) electrons. The normalized spacial score (nSPS) is 16.3. The number of likely N-dealkylation sites (tertiary alicyclic amines) is 1. The van der Waals surface area contributed by atoms with E-state index in [1.54, 1.807) is 18.7 Å². The van der Waals surface area contributed by atoms with Gasteiger partial charge in [0.15, 0.2) is 0 Å². The number of nitrogens with zero attached hydrogens (tertiary/aromatic N) is 1. The first-order chi connectivity index (χ1) is 6.97. The molecule has 0 aliphatic carbocycles. The zero-order chi connectivity index (χ0) is 11.5. The molecule has 0 aromatic heterocycles. The lowest BCUT2D eigenvalue weighted by Crippen LogP contribution is -2.55. The van der Waals surface area contributed by atoms with Gasteiger partial charge in [-0.1, -0.05) is 6.58 Å². The molecule has 0 spiro atoms. The van der Waals surface area contributed by atoms with E-state index in [9.17, 15) is 9.59 Å². The van der Waals surface area contributed by atoms with Gasteiger partial charge in [0.2, 0.25) is 11.8 Å². The quantitative estimate of drug-likeness (QED) is 0.697. The average molecular weight is 210 g/mol. The summed E-state index contributed by atoms with van der Waals surface area (Å²) < 4.78 is 0. The minimum Gasteiger partial charge on any atom is -0.341 e. The lowest BCUT2D eigenvalue weighted by molar-refractivity contribution is -0.138. The van der Waals surface area contributed by atoms with Gasteiger partial charge in [0.1, 0.15) is 5.54 Å². The molecule has 0 bridgehead atoms. The largest absolute Gasteiger partial charge is 0.341 e. The number of rotatable bonds is 3. The fourth-order valence-electron chi connectivity index (χ4n) is 1.73. The smallest absolute Gasteiger partial charge is 0.247 e. The van der Waals surface area contributed by atoms with Gasteiger partial charge in [0.05, 0.1) is 0 Å². The maximum absolute atomic E-state index is 12.0. The van der Waals surface area contributed by atoms with Gasteiger partial charge in [-0.25, -0.2) is 0 Å². The lowest BCUT2D eigenvalue weighted by atomic mass is 10.0. The zero-order valence-corrected chi connectivity index (χ0v) is 9.38. The van der Waals surface area contributed by atoms with Crippen LogP contribution in [-0.2, 0) is 9.59 Å². The Morgan fingerprint density at radius 3 is 2.33 bits per heavy atom. The van der Waals surface area contributed by atoms with Crippen molar-refractivity contribution in [3.8, 4) is 0 Å². The maximum atomic E-state index is 12.0. The molecule has 1 aliphatic rings. The third-order valence-corrected chi connectivity index (χ3v) is 2.55. The number of amides is 2. The molecule has 1 saturated heterocycles. The Labute approximate surface area is 90.3 Å². The molecular weight excluding hydrogens is 192 g/mol. The second-order valence-electron chi connectivity index (χ2n) is 4.32. The monoisotopic (exact) mass is 210 g/mol. The van der Waals surface area contributed by atoms with Crippen LogP contribution in [0.1, 0.15) is 26.7 Å². The summed E-state index contributed by atoms with van der Waals surface area (Å²) in [5, 5.41) is 2.63. The molecule has 1 heterocycles. The SMILES string of the molecule is C=CC(=O)NC(C)(C)C(=O)N1CCCC1. The van der Waals surface area contributed by atoms with E-state index >= 15 is 0 Å². The van der Waals surface area contributed by atoms with Crippen molar-refractivity contribution < 1.29 is 9.59 Å². The minimum absolute atomic E-state index is 0.0183. The van der Waals surface area contributed by atoms with Crippen molar-refractivity contribution in [2.24, 2.45) is 0 Å². The third kappa shape index (κ3) is 2.81. The van der Waals surface area contributed by atoms with E-state index < -0.39 is 5.54 Å². The van der Waals surface area contributed by atoms with Crippen LogP contribution < -0.4 is 5.32 Å². The van der Waals surface area contributed by atoms with Crippen molar-refractivity contribution in [1.82, 2.24) is 10.2 Å². The van der Waals surface area contributed by atoms with Crippen LogP contribution in [0.3, 0.4) is 0 Å². The van der Waals surface area contributed by atoms with Gasteiger partial charge in [0.25, 0.3) is 0 Å². The first kappa shape index (κ1) is 11.8. The average Bonchev–Trinajstić information content (AvgIpc) is 2.68. The predicted octanol–water partition coefficient (Wildman–Crippen LogP) is 0.690. The van der Waals surface area contributed by atoms with E-state index in [-0.39, 0.29) is 11.8 Å². The Bertz CT molecular complexity index is 278. The first-order valence-corrected chi connectivity index (χ1v) is 5.21. The highest BCUT2D eigenvalue weighted by Gasteiger charge is 2.33. The standard InChI is InChI=1S/C11H18N2O2/c1-4-9(14)12-11(2,3)10(15)13-7-5-6-8-13/h4H,1,5-8H2,2-3H3,(H,12,14). The molecule has 1 rings (SSSR count). The first-order valence-electron chi connectivity index (χ1n) is 5.21. The van der Waals surface area contributed by atoms with E-state index in [0.29, 0.717) is 0 Å². The van der Waals surface area contributed by atoms with Gasteiger partial charge in [-0.2, -0.15) is 0 Å². The van der Waals surface area contributed by atoms with Crippen LogP contribution in [0.4, 0.5) is 0 Å². The summed E-state index contributed by atoms with van der Waals surface area (Å²) in [6.45, 7) is 8.39. The highest BCUT2D eigenvalue weighted by Crippen LogP contribution is 2.14. The van der Waals surface area contributed by atoms with Crippen molar-refractivity contribution in [3.63, 3.8) is 0 Å². The van der Waals surface area contributed by atoms with Gasteiger partial charge in [-0.05, 0) is 32.8 Å². The van der Waals surface area contributed by atoms with E-state index in [0.717, 1.165) is 25.9 Å². The Morgan fingerprint density at radius 1 is 1.33 bits per heavy atom. The number of nitrogens with one attached hydrogen (secondary N) is 1. The summed E-state index contributed by atoms with van der Waals surface area (Å²) in [5.41, 5.74) is -0.838. The summed E-state index contributed by atoms with van der Waals surface area (Å²) in [6.07, 6.45) is 3.29. The summed E-state index contributed by atoms with van der Waals surface area (Å²) >= 11 is 0. The van der Waals surface area contributed by atoms with Crippen molar-refractivity contribution in [2.75, 3.05) is 13.1 Å². The second-order valence-corrected chi connectivity index (χ2v) is 4.32. The number of carbonyl (C=O) groups excluding carboxylic acids is 2. The molecule has 0 unspecified atom stereocenters. The Morgan fingerprint density at radius 2 is 1.87 bits per heavy atom. The van der Waals surface area contributed by atoms with Crippen molar-refractivity contribution in [3.05, 3.63) is 12.7 Å². The third-order valence-electron chi connectivity index (χ3n) is 2.55. The highest BCUT2D eigenvalue weighted by molar-refractivity contribution is 5.94. The summed E-state index contributed by atoms with van der Waals surface area (Å²) in [7, 11) is 0. The Kier molecular flexibility index (Phi) is 3.50. The van der Waals surface area contributed by atoms with Crippen molar-refractivity contribution >= 4 is 11.8 Å². The summed E-state index contributed by atoms with van der Waals surface area (Å²) in [6, 6.07) is 0. The predicted molar refractivity (Wildman–Crippen MR) is 58.2 cm³/mol. The van der Waals surface area contributed by atoms with Crippen LogP contribution in [0, 0.1) is 0 Å². The summed E-state index contributed by atoms with van der Waals surface area (Å²) in [4.78, 5) is 24.9. The molecule has 15 heavy (non-hydrogen) atoms. The zero-order valence-electron chi connectivity index (χ0n) is 9.38. The van der Waals surface area contributed by atoms with Crippen LogP contribution in [0.2, 0.25) is 0 Å². The van der Waals surface area contributed by atoms with Gasteiger partial charge in [0, 0.05) is 13.1 Å². The number of hydrogen-bond donors (Lipinski definition) is 1. The Hall–Kier alpha value is -1.32. The van der Waals surface area contributed by atoms with E-state index in [1.165, 1.54) is 6.08 Å².